The van der Waals surface area contributed by atoms with Gasteiger partial charge >= 0.3 is 0 Å². The Hall–Kier alpha value is -1.40. The molecule has 0 spiro atoms. The molecule has 6 nitrogen and oxygen atoms in total. The number of hydrogen-bond acceptors (Lipinski definition) is 6. The second kappa shape index (κ2) is 5.54. The number of nitrogens with two attached hydrogens (primary N) is 1. The largest absolute Gasteiger partial charge is 0.369 e. The van der Waals surface area contributed by atoms with Gasteiger partial charge in [-0.2, -0.15) is 0 Å². The van der Waals surface area contributed by atoms with Crippen molar-refractivity contribution < 1.29 is 4.74 Å². The monoisotopic (exact) mass is 279 g/mol. The maximum Gasteiger partial charge on any atom is 0.145 e. The number of anilines is 2. The topological polar surface area (TPSA) is 76.3 Å². The zero-order valence-electron chi connectivity index (χ0n) is 13.0. The maximum atomic E-state index is 5.93. The van der Waals surface area contributed by atoms with Crippen molar-refractivity contribution in [1.82, 2.24) is 9.97 Å². The van der Waals surface area contributed by atoms with E-state index in [4.69, 9.17) is 10.6 Å². The number of aromatic nitrogens is 2. The fourth-order valence-electron chi connectivity index (χ4n) is 2.57. The van der Waals surface area contributed by atoms with Gasteiger partial charge in [0.05, 0.1) is 11.7 Å². The Morgan fingerprint density at radius 3 is 2.70 bits per heavy atom. The molecule has 2 heterocycles. The molecule has 1 unspecified atom stereocenters. The number of morpholine rings is 1. The van der Waals surface area contributed by atoms with Gasteiger partial charge in [0.1, 0.15) is 17.5 Å². The Balaban J connectivity index is 2.33. The zero-order valence-corrected chi connectivity index (χ0v) is 13.0. The van der Waals surface area contributed by atoms with E-state index in [1.54, 1.807) is 0 Å². The van der Waals surface area contributed by atoms with Crippen molar-refractivity contribution >= 4 is 11.6 Å². The SMILES string of the molecule is CC1CN(c2cc(NN)nc(C(C)C)n2)CC(C)(C)O1. The van der Waals surface area contributed by atoms with Crippen LogP contribution in [0.2, 0.25) is 0 Å². The van der Waals surface area contributed by atoms with Gasteiger partial charge < -0.3 is 15.1 Å². The van der Waals surface area contributed by atoms with E-state index in [0.717, 1.165) is 24.7 Å². The Labute approximate surface area is 120 Å². The van der Waals surface area contributed by atoms with E-state index in [0.29, 0.717) is 5.82 Å². The van der Waals surface area contributed by atoms with E-state index >= 15 is 0 Å². The molecule has 1 fully saturated rings. The lowest BCUT2D eigenvalue weighted by atomic mass is 10.1. The van der Waals surface area contributed by atoms with Crippen LogP contribution in [-0.4, -0.2) is 34.8 Å². The molecule has 0 aliphatic carbocycles. The molecule has 1 atom stereocenters. The molecular formula is C14H25N5O. The number of nitrogens with zero attached hydrogens (tertiary/aromatic N) is 3. The second-order valence-corrected chi connectivity index (χ2v) is 6.34. The van der Waals surface area contributed by atoms with Crippen molar-refractivity contribution in [1.29, 1.82) is 0 Å². The van der Waals surface area contributed by atoms with Crippen LogP contribution >= 0.6 is 0 Å². The quantitative estimate of drug-likeness (QED) is 0.650. The predicted octanol–water partition coefficient (Wildman–Crippen LogP) is 1.89. The van der Waals surface area contributed by atoms with Crippen LogP contribution in [0.1, 0.15) is 46.4 Å². The van der Waals surface area contributed by atoms with Crippen LogP contribution < -0.4 is 16.2 Å². The third-order valence-corrected chi connectivity index (χ3v) is 3.29. The minimum atomic E-state index is -0.184. The van der Waals surface area contributed by atoms with Gasteiger partial charge in [-0.3, -0.25) is 0 Å². The summed E-state index contributed by atoms with van der Waals surface area (Å²) in [6.45, 7) is 12.1. The number of hydrazine groups is 1. The molecule has 0 radical (unpaired) electrons. The lowest BCUT2D eigenvalue weighted by Gasteiger charge is -2.42. The summed E-state index contributed by atoms with van der Waals surface area (Å²) >= 11 is 0. The highest BCUT2D eigenvalue weighted by Crippen LogP contribution is 2.27. The number of ether oxygens (including phenoxy) is 1. The fourth-order valence-corrected chi connectivity index (χ4v) is 2.57. The Bertz CT molecular complexity index is 475. The van der Waals surface area contributed by atoms with Gasteiger partial charge in [-0.25, -0.2) is 15.8 Å². The minimum Gasteiger partial charge on any atom is -0.369 e. The van der Waals surface area contributed by atoms with Crippen LogP contribution in [0.15, 0.2) is 6.07 Å². The average Bonchev–Trinajstić information content (AvgIpc) is 2.35. The van der Waals surface area contributed by atoms with E-state index in [-0.39, 0.29) is 17.6 Å². The van der Waals surface area contributed by atoms with Crippen LogP contribution in [0.25, 0.3) is 0 Å². The molecule has 0 amide bonds. The molecular weight excluding hydrogens is 254 g/mol. The summed E-state index contributed by atoms with van der Waals surface area (Å²) in [6, 6.07) is 1.89. The summed E-state index contributed by atoms with van der Waals surface area (Å²) in [5.41, 5.74) is 2.44. The standard InChI is InChI=1S/C14H25N5O/c1-9(2)13-16-11(18-15)6-12(17-13)19-7-10(3)20-14(4,5)8-19/h6,9-10H,7-8,15H2,1-5H3,(H,16,17,18). The minimum absolute atomic E-state index is 0.172. The molecule has 20 heavy (non-hydrogen) atoms. The molecule has 6 heteroatoms. The first-order valence-corrected chi connectivity index (χ1v) is 7.09. The van der Waals surface area contributed by atoms with Crippen LogP contribution in [0.4, 0.5) is 11.6 Å². The summed E-state index contributed by atoms with van der Waals surface area (Å²) < 4.78 is 5.93. The van der Waals surface area contributed by atoms with Gasteiger partial charge in [0.25, 0.3) is 0 Å². The third-order valence-electron chi connectivity index (χ3n) is 3.29. The van der Waals surface area contributed by atoms with Crippen LogP contribution in [0.3, 0.4) is 0 Å². The molecule has 112 valence electrons. The summed E-state index contributed by atoms with van der Waals surface area (Å²) in [4.78, 5) is 11.3. The van der Waals surface area contributed by atoms with Crippen LogP contribution in [-0.2, 0) is 4.74 Å². The van der Waals surface area contributed by atoms with Crippen LogP contribution in [0, 0.1) is 0 Å². The lowest BCUT2D eigenvalue weighted by molar-refractivity contribution is -0.0751. The van der Waals surface area contributed by atoms with Gasteiger partial charge in [-0.1, -0.05) is 13.8 Å². The van der Waals surface area contributed by atoms with Crippen molar-refractivity contribution in [3.8, 4) is 0 Å². The number of rotatable bonds is 3. The van der Waals surface area contributed by atoms with E-state index < -0.39 is 0 Å². The first kappa shape index (κ1) is 15.0. The van der Waals surface area contributed by atoms with Crippen molar-refractivity contribution in [2.45, 2.75) is 52.2 Å². The number of hydrogen-bond donors (Lipinski definition) is 2. The number of nitrogen functional groups attached to an aromatic ring is 1. The van der Waals surface area contributed by atoms with Gasteiger partial charge in [-0.15, -0.1) is 0 Å². The summed E-state index contributed by atoms with van der Waals surface area (Å²) in [5.74, 6) is 8.12. The molecule has 1 aromatic rings. The van der Waals surface area contributed by atoms with E-state index in [9.17, 15) is 0 Å². The van der Waals surface area contributed by atoms with Crippen molar-refractivity contribution in [2.75, 3.05) is 23.4 Å². The van der Waals surface area contributed by atoms with Crippen LogP contribution in [0.5, 0.6) is 0 Å². The first-order valence-electron chi connectivity index (χ1n) is 7.09. The van der Waals surface area contributed by atoms with Gasteiger partial charge in [0.2, 0.25) is 0 Å². The summed E-state index contributed by atoms with van der Waals surface area (Å²) in [7, 11) is 0. The Morgan fingerprint density at radius 2 is 2.15 bits per heavy atom. The highest BCUT2D eigenvalue weighted by molar-refractivity contribution is 5.49. The first-order chi connectivity index (χ1) is 9.30. The molecule has 0 aromatic carbocycles. The van der Waals surface area contributed by atoms with Gasteiger partial charge in [-0.05, 0) is 20.8 Å². The maximum absolute atomic E-state index is 5.93. The number of nitrogens with one attached hydrogen (secondary N) is 1. The molecule has 1 aromatic heterocycles. The van der Waals surface area contributed by atoms with E-state index in [1.165, 1.54) is 0 Å². The molecule has 3 N–H and O–H groups in total. The van der Waals surface area contributed by atoms with Crippen molar-refractivity contribution in [3.05, 3.63) is 11.9 Å². The van der Waals surface area contributed by atoms with Crippen molar-refractivity contribution in [2.24, 2.45) is 5.84 Å². The molecule has 1 saturated heterocycles. The second-order valence-electron chi connectivity index (χ2n) is 6.34. The van der Waals surface area contributed by atoms with E-state index in [2.05, 4.69) is 54.9 Å². The Morgan fingerprint density at radius 1 is 1.45 bits per heavy atom. The molecule has 2 rings (SSSR count). The third kappa shape index (κ3) is 3.37. The Kier molecular flexibility index (Phi) is 4.15. The van der Waals surface area contributed by atoms with Gasteiger partial charge in [0.15, 0.2) is 0 Å². The molecule has 0 bridgehead atoms. The predicted molar refractivity (Wildman–Crippen MR) is 80.8 cm³/mol. The lowest BCUT2D eigenvalue weighted by Crippen LogP contribution is -2.52. The summed E-state index contributed by atoms with van der Waals surface area (Å²) in [6.07, 6.45) is 0.172. The highest BCUT2D eigenvalue weighted by Gasteiger charge is 2.32. The summed E-state index contributed by atoms with van der Waals surface area (Å²) in [5, 5.41) is 0. The highest BCUT2D eigenvalue weighted by atomic mass is 16.5. The smallest absolute Gasteiger partial charge is 0.145 e. The van der Waals surface area contributed by atoms with E-state index in [1.807, 2.05) is 6.07 Å². The van der Waals surface area contributed by atoms with Gasteiger partial charge in [0, 0.05) is 25.1 Å². The average molecular weight is 279 g/mol. The normalized spacial score (nSPS) is 22.1. The fraction of sp³-hybridized carbons (Fsp3) is 0.714. The molecule has 0 saturated carbocycles. The van der Waals surface area contributed by atoms with Crippen molar-refractivity contribution in [3.63, 3.8) is 0 Å². The zero-order chi connectivity index (χ0) is 14.9. The molecule has 1 aliphatic rings. The molecule has 1 aliphatic heterocycles.